The van der Waals surface area contributed by atoms with Crippen molar-refractivity contribution >= 4 is 31.7 Å². The monoisotopic (exact) mass is 634 g/mol. The minimum Gasteiger partial charge on any atom is -0.480 e. The lowest BCUT2D eigenvalue weighted by atomic mass is 9.87. The van der Waals surface area contributed by atoms with Crippen LogP contribution in [-0.4, -0.2) is 68.5 Å². The van der Waals surface area contributed by atoms with Gasteiger partial charge >= 0.3 is 5.97 Å². The predicted octanol–water partition coefficient (Wildman–Crippen LogP) is 5.18. The van der Waals surface area contributed by atoms with Gasteiger partial charge in [-0.1, -0.05) is 75.8 Å². The first-order valence-electron chi connectivity index (χ1n) is 15.2. The van der Waals surface area contributed by atoms with E-state index in [4.69, 9.17) is 0 Å². The lowest BCUT2D eigenvalue weighted by molar-refractivity contribution is -0.139. The van der Waals surface area contributed by atoms with E-state index >= 15 is 0 Å². The van der Waals surface area contributed by atoms with Crippen LogP contribution in [0.25, 0.3) is 11.1 Å². The molecule has 2 aromatic rings. The normalized spacial score (nSPS) is 15.3. The highest BCUT2D eigenvalue weighted by atomic mass is 32.2. The third-order valence-electron chi connectivity index (χ3n) is 8.16. The number of aliphatic carboxylic acids is 1. The van der Waals surface area contributed by atoms with Gasteiger partial charge in [0.05, 0.1) is 11.5 Å². The Hall–Kier alpha value is -2.76. The van der Waals surface area contributed by atoms with Gasteiger partial charge in [0.1, 0.15) is 15.9 Å². The van der Waals surface area contributed by atoms with Crippen LogP contribution in [0.4, 0.5) is 0 Å². The molecule has 238 valence electrons. The summed E-state index contributed by atoms with van der Waals surface area (Å²) >= 11 is 0. The Morgan fingerprint density at radius 2 is 1.70 bits per heavy atom. The van der Waals surface area contributed by atoms with Crippen LogP contribution in [-0.2, 0) is 31.2 Å². The average Bonchev–Trinajstić information content (AvgIpc) is 2.96. The Morgan fingerprint density at radius 3 is 2.33 bits per heavy atom. The van der Waals surface area contributed by atoms with Crippen molar-refractivity contribution in [3.63, 3.8) is 0 Å². The van der Waals surface area contributed by atoms with Gasteiger partial charge in [-0.2, -0.15) is 4.31 Å². The molecule has 3 rings (SSSR count). The van der Waals surface area contributed by atoms with E-state index in [0.29, 0.717) is 24.4 Å². The molecule has 1 saturated carbocycles. The number of aryl methyl sites for hydroxylation is 1. The van der Waals surface area contributed by atoms with E-state index in [1.54, 1.807) is 16.4 Å². The number of carboxylic acids is 1. The number of sulfonamides is 1. The number of sulfone groups is 1. The second-order valence-corrected chi connectivity index (χ2v) is 16.1. The molecule has 11 heteroatoms. The molecule has 0 aliphatic heterocycles. The minimum atomic E-state index is -3.50. The van der Waals surface area contributed by atoms with Gasteiger partial charge < -0.3 is 10.4 Å². The quantitative estimate of drug-likeness (QED) is 0.259. The van der Waals surface area contributed by atoms with Crippen molar-refractivity contribution in [3.8, 4) is 11.1 Å². The molecule has 1 aliphatic carbocycles. The van der Waals surface area contributed by atoms with E-state index in [1.165, 1.54) is 19.3 Å². The molecule has 0 aromatic heterocycles. The summed E-state index contributed by atoms with van der Waals surface area (Å²) in [4.78, 5) is 25.3. The van der Waals surface area contributed by atoms with E-state index in [2.05, 4.69) is 5.32 Å². The van der Waals surface area contributed by atoms with E-state index in [9.17, 15) is 31.5 Å². The Balaban J connectivity index is 1.95. The first kappa shape index (κ1) is 34.7. The van der Waals surface area contributed by atoms with Crippen LogP contribution in [0.15, 0.2) is 42.5 Å². The zero-order chi connectivity index (χ0) is 31.6. The Bertz CT molecular complexity index is 1470. The molecule has 2 aromatic carbocycles. The van der Waals surface area contributed by atoms with E-state index in [1.807, 2.05) is 44.2 Å². The SMILES string of the molecule is CCCCS(=O)(=O)N(CCC1CCCCC1)Cc1ccc(C(=O)N[C@@H](CCS(C)(=O)=O)C(=O)O)c(-c2ccccc2C)c1. The van der Waals surface area contributed by atoms with Gasteiger partial charge in [0.15, 0.2) is 0 Å². The second kappa shape index (κ2) is 15.8. The van der Waals surface area contributed by atoms with E-state index < -0.39 is 37.8 Å². The molecule has 0 saturated heterocycles. The number of unbranched alkanes of at least 4 members (excludes halogenated alkanes) is 1. The smallest absolute Gasteiger partial charge is 0.326 e. The van der Waals surface area contributed by atoms with Gasteiger partial charge in [0.25, 0.3) is 5.91 Å². The first-order valence-corrected chi connectivity index (χ1v) is 18.9. The van der Waals surface area contributed by atoms with Crippen molar-refractivity contribution < 1.29 is 31.5 Å². The number of nitrogens with zero attached hydrogens (tertiary/aromatic N) is 1. The molecule has 43 heavy (non-hydrogen) atoms. The van der Waals surface area contributed by atoms with Gasteiger partial charge in [0, 0.05) is 24.9 Å². The van der Waals surface area contributed by atoms with E-state index in [-0.39, 0.29) is 30.0 Å². The van der Waals surface area contributed by atoms with Gasteiger partial charge in [-0.3, -0.25) is 4.79 Å². The van der Waals surface area contributed by atoms with Crippen LogP contribution < -0.4 is 5.32 Å². The summed E-state index contributed by atoms with van der Waals surface area (Å²) in [7, 11) is -6.93. The molecular formula is C32H46N2O7S2. The van der Waals surface area contributed by atoms with Crippen LogP contribution in [0.5, 0.6) is 0 Å². The number of carboxylic acid groups (broad SMARTS) is 1. The largest absolute Gasteiger partial charge is 0.480 e. The summed E-state index contributed by atoms with van der Waals surface area (Å²) in [5, 5.41) is 12.1. The topological polar surface area (TPSA) is 138 Å². The third-order valence-corrected chi connectivity index (χ3v) is 11.0. The molecule has 0 heterocycles. The van der Waals surface area contributed by atoms with Crippen molar-refractivity contribution in [1.82, 2.24) is 9.62 Å². The minimum absolute atomic E-state index is 0.0867. The first-order chi connectivity index (χ1) is 20.3. The molecule has 1 amide bonds. The fraction of sp³-hybridized carbons (Fsp3) is 0.562. The predicted molar refractivity (Wildman–Crippen MR) is 170 cm³/mol. The molecule has 2 N–H and O–H groups in total. The van der Waals surface area contributed by atoms with Crippen LogP contribution in [0.2, 0.25) is 0 Å². The van der Waals surface area contributed by atoms with Crippen LogP contribution in [0.3, 0.4) is 0 Å². The highest BCUT2D eigenvalue weighted by Gasteiger charge is 2.27. The molecule has 1 aliphatic rings. The summed E-state index contributed by atoms with van der Waals surface area (Å²) in [6, 6.07) is 11.2. The maximum Gasteiger partial charge on any atom is 0.326 e. The molecule has 0 unspecified atom stereocenters. The number of hydrogen-bond donors (Lipinski definition) is 2. The standard InChI is InChI=1S/C32H46N2O7S2/c1-4-5-20-43(40,41)34(19-17-25-12-7-6-8-13-25)23-26-15-16-28(29(22-26)27-14-10-9-11-24(27)2)31(35)33-30(32(36)37)18-21-42(3,38)39/h9-11,14-16,22,25,30H,4-8,12-13,17-21,23H2,1-3H3,(H,33,35)(H,36,37)/t30-/m0/s1. The van der Waals surface area contributed by atoms with Gasteiger partial charge in [-0.15, -0.1) is 0 Å². The fourth-order valence-corrected chi connectivity index (χ4v) is 7.89. The second-order valence-electron chi connectivity index (χ2n) is 11.8. The van der Waals surface area contributed by atoms with Gasteiger partial charge in [-0.05, 0) is 66.5 Å². The summed E-state index contributed by atoms with van der Waals surface area (Å²) < 4.78 is 51.7. The molecule has 0 spiro atoms. The number of rotatable bonds is 16. The Morgan fingerprint density at radius 1 is 1.00 bits per heavy atom. The molecule has 0 radical (unpaired) electrons. The Labute approximate surface area is 257 Å². The number of hydrogen-bond acceptors (Lipinski definition) is 6. The summed E-state index contributed by atoms with van der Waals surface area (Å²) in [6.45, 7) is 4.49. The highest BCUT2D eigenvalue weighted by molar-refractivity contribution is 7.90. The third kappa shape index (κ3) is 10.7. The zero-order valence-corrected chi connectivity index (χ0v) is 27.2. The average molecular weight is 635 g/mol. The van der Waals surface area contributed by atoms with Crippen molar-refractivity contribution in [1.29, 1.82) is 0 Å². The molecular weight excluding hydrogens is 588 g/mol. The van der Waals surface area contributed by atoms with Crippen LogP contribution in [0.1, 0.15) is 86.2 Å². The van der Waals surface area contributed by atoms with Gasteiger partial charge in [0.2, 0.25) is 10.0 Å². The zero-order valence-electron chi connectivity index (χ0n) is 25.5. The maximum absolute atomic E-state index is 13.4. The van der Waals surface area contributed by atoms with Gasteiger partial charge in [-0.25, -0.2) is 21.6 Å². The van der Waals surface area contributed by atoms with Crippen molar-refractivity contribution in [3.05, 3.63) is 59.2 Å². The van der Waals surface area contributed by atoms with Crippen LogP contribution in [0, 0.1) is 12.8 Å². The molecule has 9 nitrogen and oxygen atoms in total. The number of carbonyl (C=O) groups is 2. The number of benzene rings is 2. The highest BCUT2D eigenvalue weighted by Crippen LogP contribution is 2.30. The molecule has 1 atom stereocenters. The van der Waals surface area contributed by atoms with E-state index in [0.717, 1.165) is 48.6 Å². The summed E-state index contributed by atoms with van der Waals surface area (Å²) in [5.41, 5.74) is 3.17. The number of carbonyl (C=O) groups excluding carboxylic acids is 1. The lowest BCUT2D eigenvalue weighted by Gasteiger charge is -2.27. The summed E-state index contributed by atoms with van der Waals surface area (Å²) in [6.07, 6.45) is 8.81. The fourth-order valence-electron chi connectivity index (χ4n) is 5.59. The lowest BCUT2D eigenvalue weighted by Crippen LogP contribution is -2.42. The Kier molecular flexibility index (Phi) is 12.8. The maximum atomic E-state index is 13.4. The number of nitrogens with one attached hydrogen (secondary N) is 1. The molecule has 0 bridgehead atoms. The molecule has 1 fully saturated rings. The van der Waals surface area contributed by atoms with Crippen LogP contribution >= 0.6 is 0 Å². The van der Waals surface area contributed by atoms with Crippen molar-refractivity contribution in [2.24, 2.45) is 5.92 Å². The van der Waals surface area contributed by atoms with Crippen molar-refractivity contribution in [2.75, 3.05) is 24.3 Å². The van der Waals surface area contributed by atoms with Crippen molar-refractivity contribution in [2.45, 2.75) is 84.2 Å². The number of amides is 1. The summed E-state index contributed by atoms with van der Waals surface area (Å²) in [5.74, 6) is -1.73.